The van der Waals surface area contributed by atoms with Crippen molar-refractivity contribution in [3.05, 3.63) is 0 Å². The first-order valence-electron chi connectivity index (χ1n) is 2.53. The molecule has 0 radical (unpaired) electrons. The zero-order valence-electron chi connectivity index (χ0n) is 5.18. The van der Waals surface area contributed by atoms with Crippen LogP contribution in [-0.2, 0) is 9.63 Å². The van der Waals surface area contributed by atoms with E-state index in [0.717, 1.165) is 0 Å². The Labute approximate surface area is 48.8 Å². The molecular formula is C5H11NO2. The predicted octanol–water partition coefficient (Wildman–Crippen LogP) is 0.102. The Morgan fingerprint density at radius 3 is 2.38 bits per heavy atom. The van der Waals surface area contributed by atoms with Gasteiger partial charge in [0.2, 0.25) is 0 Å². The largest absolute Gasteiger partial charge is 0.297 e. The third kappa shape index (κ3) is 2.71. The van der Waals surface area contributed by atoms with Gasteiger partial charge in [-0.15, -0.1) is 0 Å². The Hall–Kier alpha value is -0.410. The lowest BCUT2D eigenvalue weighted by molar-refractivity contribution is -0.126. The van der Waals surface area contributed by atoms with Crippen LogP contribution < -0.4 is 5.90 Å². The van der Waals surface area contributed by atoms with E-state index in [0.29, 0.717) is 0 Å². The second-order valence-corrected chi connectivity index (χ2v) is 1.93. The minimum atomic E-state index is 0.0255. The summed E-state index contributed by atoms with van der Waals surface area (Å²) >= 11 is 0. The van der Waals surface area contributed by atoms with Gasteiger partial charge >= 0.3 is 0 Å². The van der Waals surface area contributed by atoms with E-state index in [1.165, 1.54) is 0 Å². The SMILES string of the molecule is CC(C)C(=O)CON. The second-order valence-electron chi connectivity index (χ2n) is 1.93. The fraction of sp³-hybridized carbons (Fsp3) is 0.800. The number of hydrogen-bond acceptors (Lipinski definition) is 3. The number of nitrogens with two attached hydrogens (primary N) is 1. The molecular weight excluding hydrogens is 106 g/mol. The van der Waals surface area contributed by atoms with Gasteiger partial charge in [0.05, 0.1) is 0 Å². The van der Waals surface area contributed by atoms with E-state index in [2.05, 4.69) is 10.7 Å². The van der Waals surface area contributed by atoms with Crippen LogP contribution in [-0.4, -0.2) is 12.4 Å². The normalized spacial score (nSPS) is 10.0. The highest BCUT2D eigenvalue weighted by Crippen LogP contribution is 1.91. The van der Waals surface area contributed by atoms with E-state index in [4.69, 9.17) is 0 Å². The zero-order valence-corrected chi connectivity index (χ0v) is 5.18. The molecule has 0 amide bonds. The van der Waals surface area contributed by atoms with Crippen LogP contribution in [0.5, 0.6) is 0 Å². The molecule has 2 N–H and O–H groups in total. The molecule has 0 bridgehead atoms. The van der Waals surface area contributed by atoms with Crippen LogP contribution in [0.1, 0.15) is 13.8 Å². The van der Waals surface area contributed by atoms with Gasteiger partial charge in [-0.2, -0.15) is 0 Å². The Kier molecular flexibility index (Phi) is 3.39. The Balaban J connectivity index is 3.33. The van der Waals surface area contributed by atoms with Gasteiger partial charge in [0, 0.05) is 5.92 Å². The van der Waals surface area contributed by atoms with Gasteiger partial charge in [0.15, 0.2) is 5.78 Å². The Morgan fingerprint density at radius 2 is 2.25 bits per heavy atom. The molecule has 3 nitrogen and oxygen atoms in total. The monoisotopic (exact) mass is 117 g/mol. The highest BCUT2D eigenvalue weighted by molar-refractivity contribution is 5.81. The molecule has 0 aromatic carbocycles. The molecule has 0 heterocycles. The number of carbonyl (C=O) groups excluding carboxylic acids is 1. The van der Waals surface area contributed by atoms with Crippen LogP contribution in [0.25, 0.3) is 0 Å². The first-order valence-corrected chi connectivity index (χ1v) is 2.53. The third-order valence-electron chi connectivity index (χ3n) is 0.870. The van der Waals surface area contributed by atoms with Gasteiger partial charge in [-0.25, -0.2) is 5.90 Å². The van der Waals surface area contributed by atoms with Crippen molar-refractivity contribution in [1.82, 2.24) is 0 Å². The molecule has 8 heavy (non-hydrogen) atoms. The van der Waals surface area contributed by atoms with Gasteiger partial charge in [-0.3, -0.25) is 9.63 Å². The topological polar surface area (TPSA) is 52.3 Å². The summed E-state index contributed by atoms with van der Waals surface area (Å²) in [5.74, 6) is 4.71. The fourth-order valence-electron chi connectivity index (χ4n) is 0.249. The molecule has 0 atom stereocenters. The van der Waals surface area contributed by atoms with Crippen molar-refractivity contribution in [3.63, 3.8) is 0 Å². The highest BCUT2D eigenvalue weighted by Gasteiger charge is 2.04. The lowest BCUT2D eigenvalue weighted by Gasteiger charge is -1.99. The van der Waals surface area contributed by atoms with Crippen molar-refractivity contribution in [1.29, 1.82) is 0 Å². The van der Waals surface area contributed by atoms with E-state index in [9.17, 15) is 4.79 Å². The Bertz CT molecular complexity index is 80.5. The maximum atomic E-state index is 10.5. The highest BCUT2D eigenvalue weighted by atomic mass is 16.6. The molecule has 0 rings (SSSR count). The van der Waals surface area contributed by atoms with Crippen molar-refractivity contribution >= 4 is 5.78 Å². The van der Waals surface area contributed by atoms with Crippen molar-refractivity contribution < 1.29 is 9.63 Å². The smallest absolute Gasteiger partial charge is 0.163 e. The average Bonchev–Trinajstić information content (AvgIpc) is 1.67. The van der Waals surface area contributed by atoms with Gasteiger partial charge in [0.25, 0.3) is 0 Å². The molecule has 0 spiro atoms. The summed E-state index contributed by atoms with van der Waals surface area (Å²) in [6.45, 7) is 3.64. The quantitative estimate of drug-likeness (QED) is 0.533. The molecule has 0 saturated carbocycles. The summed E-state index contributed by atoms with van der Waals surface area (Å²) in [5.41, 5.74) is 0. The summed E-state index contributed by atoms with van der Waals surface area (Å²) < 4.78 is 0. The molecule has 0 aliphatic heterocycles. The summed E-state index contributed by atoms with van der Waals surface area (Å²) in [5, 5.41) is 0. The zero-order chi connectivity index (χ0) is 6.57. The van der Waals surface area contributed by atoms with Crippen LogP contribution >= 0.6 is 0 Å². The molecule has 0 unspecified atom stereocenters. The summed E-state index contributed by atoms with van der Waals surface area (Å²) in [4.78, 5) is 14.7. The number of ketones is 1. The van der Waals surface area contributed by atoms with Crippen molar-refractivity contribution in [3.8, 4) is 0 Å². The predicted molar refractivity (Wildman–Crippen MR) is 30.0 cm³/mol. The standard InChI is InChI=1S/C5H11NO2/c1-4(2)5(7)3-8-6/h4H,3,6H2,1-2H3. The van der Waals surface area contributed by atoms with Crippen LogP contribution in [0.15, 0.2) is 0 Å². The molecule has 48 valence electrons. The third-order valence-corrected chi connectivity index (χ3v) is 0.870. The molecule has 0 aliphatic carbocycles. The van der Waals surface area contributed by atoms with E-state index in [1.54, 1.807) is 13.8 Å². The second kappa shape index (κ2) is 3.57. The lowest BCUT2D eigenvalue weighted by Crippen LogP contribution is -2.17. The van der Waals surface area contributed by atoms with Gasteiger partial charge < -0.3 is 0 Å². The van der Waals surface area contributed by atoms with Gasteiger partial charge in [0.1, 0.15) is 6.61 Å². The number of rotatable bonds is 3. The number of hydrogen-bond donors (Lipinski definition) is 1. The van der Waals surface area contributed by atoms with E-state index in [1.807, 2.05) is 0 Å². The maximum absolute atomic E-state index is 10.5. The number of carbonyl (C=O) groups is 1. The van der Waals surface area contributed by atoms with Crippen LogP contribution in [0.3, 0.4) is 0 Å². The van der Waals surface area contributed by atoms with Gasteiger partial charge in [-0.05, 0) is 0 Å². The van der Waals surface area contributed by atoms with Crippen LogP contribution in [0, 0.1) is 5.92 Å². The first-order chi connectivity index (χ1) is 3.68. The van der Waals surface area contributed by atoms with Crippen molar-refractivity contribution in [2.45, 2.75) is 13.8 Å². The summed E-state index contributed by atoms with van der Waals surface area (Å²) in [7, 11) is 0. The van der Waals surface area contributed by atoms with Crippen molar-refractivity contribution in [2.24, 2.45) is 11.8 Å². The first kappa shape index (κ1) is 7.59. The van der Waals surface area contributed by atoms with E-state index < -0.39 is 0 Å². The molecule has 0 fully saturated rings. The molecule has 0 aromatic heterocycles. The molecule has 3 heteroatoms. The lowest BCUT2D eigenvalue weighted by atomic mass is 10.1. The molecule has 0 aliphatic rings. The number of Topliss-reactive ketones (excluding diaryl/α,β-unsaturated/α-hetero) is 1. The summed E-state index contributed by atoms with van der Waals surface area (Å²) in [6.07, 6.45) is 0. The molecule has 0 saturated heterocycles. The Morgan fingerprint density at radius 1 is 1.75 bits per heavy atom. The van der Waals surface area contributed by atoms with Gasteiger partial charge in [-0.1, -0.05) is 13.8 Å². The summed E-state index contributed by atoms with van der Waals surface area (Å²) in [6, 6.07) is 0. The fourth-order valence-corrected chi connectivity index (χ4v) is 0.249. The minimum absolute atomic E-state index is 0.0255. The molecule has 0 aromatic rings. The van der Waals surface area contributed by atoms with Crippen LogP contribution in [0.2, 0.25) is 0 Å². The van der Waals surface area contributed by atoms with Crippen molar-refractivity contribution in [2.75, 3.05) is 6.61 Å². The maximum Gasteiger partial charge on any atom is 0.163 e. The minimum Gasteiger partial charge on any atom is -0.297 e. The average molecular weight is 117 g/mol. The van der Waals surface area contributed by atoms with E-state index >= 15 is 0 Å². The van der Waals surface area contributed by atoms with Crippen LogP contribution in [0.4, 0.5) is 0 Å². The van der Waals surface area contributed by atoms with E-state index in [-0.39, 0.29) is 18.3 Å².